The third kappa shape index (κ3) is 2.95. The predicted octanol–water partition coefficient (Wildman–Crippen LogP) is 3.06. The number of rotatable bonds is 4. The van der Waals surface area contributed by atoms with Gasteiger partial charge in [0.05, 0.1) is 12.8 Å². The van der Waals surface area contributed by atoms with Crippen molar-refractivity contribution in [1.29, 1.82) is 0 Å². The van der Waals surface area contributed by atoms with Crippen molar-refractivity contribution in [3.8, 4) is 5.69 Å². The number of aromatic nitrogens is 2. The van der Waals surface area contributed by atoms with Gasteiger partial charge in [0, 0.05) is 23.6 Å². The maximum Gasteiger partial charge on any atom is 0.251 e. The number of amides is 1. The molecule has 0 spiro atoms. The Labute approximate surface area is 126 Å². The number of hydrogen-bond acceptors (Lipinski definition) is 3. The number of H-pyrrole nitrogens is 1. The summed E-state index contributed by atoms with van der Waals surface area (Å²) >= 11 is 5.18. The van der Waals surface area contributed by atoms with Crippen molar-refractivity contribution in [1.82, 2.24) is 14.9 Å². The SMILES string of the molecule is O=C(NCc1ccco1)c1cccc(-n2cc[nH]c2=S)c1. The number of nitrogens with zero attached hydrogens (tertiary/aromatic N) is 1. The first-order valence-corrected chi connectivity index (χ1v) is 6.82. The second-order valence-corrected chi connectivity index (χ2v) is 4.83. The van der Waals surface area contributed by atoms with E-state index < -0.39 is 0 Å². The lowest BCUT2D eigenvalue weighted by Gasteiger charge is -2.06. The van der Waals surface area contributed by atoms with E-state index in [1.807, 2.05) is 24.4 Å². The van der Waals surface area contributed by atoms with Gasteiger partial charge in [-0.15, -0.1) is 0 Å². The van der Waals surface area contributed by atoms with Gasteiger partial charge in [0.2, 0.25) is 0 Å². The van der Waals surface area contributed by atoms with Crippen molar-refractivity contribution in [2.24, 2.45) is 0 Å². The van der Waals surface area contributed by atoms with Crippen LogP contribution in [0.1, 0.15) is 16.1 Å². The van der Waals surface area contributed by atoms with Crippen molar-refractivity contribution in [2.45, 2.75) is 6.54 Å². The quantitative estimate of drug-likeness (QED) is 0.728. The fraction of sp³-hybridized carbons (Fsp3) is 0.0667. The second kappa shape index (κ2) is 5.80. The molecule has 0 aliphatic heterocycles. The third-order valence-electron chi connectivity index (χ3n) is 3.04. The average Bonchev–Trinajstić information content (AvgIpc) is 3.16. The molecule has 0 radical (unpaired) electrons. The molecule has 2 heterocycles. The lowest BCUT2D eigenvalue weighted by molar-refractivity contribution is 0.0948. The fourth-order valence-electron chi connectivity index (χ4n) is 2.00. The van der Waals surface area contributed by atoms with Gasteiger partial charge >= 0.3 is 0 Å². The minimum Gasteiger partial charge on any atom is -0.467 e. The van der Waals surface area contributed by atoms with Crippen molar-refractivity contribution in [2.75, 3.05) is 0 Å². The summed E-state index contributed by atoms with van der Waals surface area (Å²) in [7, 11) is 0. The molecule has 0 atom stereocenters. The number of benzene rings is 1. The normalized spacial score (nSPS) is 10.5. The average molecular weight is 299 g/mol. The predicted molar refractivity (Wildman–Crippen MR) is 80.8 cm³/mol. The van der Waals surface area contributed by atoms with Crippen LogP contribution in [0.2, 0.25) is 0 Å². The molecule has 21 heavy (non-hydrogen) atoms. The number of hydrogen-bond donors (Lipinski definition) is 2. The maximum atomic E-state index is 12.2. The second-order valence-electron chi connectivity index (χ2n) is 4.45. The molecular formula is C15H13N3O2S. The van der Waals surface area contributed by atoms with Crippen LogP contribution >= 0.6 is 12.2 Å². The summed E-state index contributed by atoms with van der Waals surface area (Å²) in [5.41, 5.74) is 1.41. The van der Waals surface area contributed by atoms with Crippen LogP contribution in [0, 0.1) is 4.77 Å². The molecule has 1 aromatic carbocycles. The molecule has 3 aromatic rings. The molecule has 106 valence electrons. The van der Waals surface area contributed by atoms with Crippen LogP contribution in [0.15, 0.2) is 59.5 Å². The van der Waals surface area contributed by atoms with E-state index in [1.54, 1.807) is 35.2 Å². The van der Waals surface area contributed by atoms with E-state index in [1.165, 1.54) is 0 Å². The number of nitrogens with one attached hydrogen (secondary N) is 2. The molecule has 0 aliphatic carbocycles. The van der Waals surface area contributed by atoms with Crippen molar-refractivity contribution >= 4 is 18.1 Å². The Morgan fingerprint density at radius 3 is 2.95 bits per heavy atom. The lowest BCUT2D eigenvalue weighted by Crippen LogP contribution is -2.22. The number of aromatic amines is 1. The van der Waals surface area contributed by atoms with E-state index in [4.69, 9.17) is 16.6 Å². The zero-order valence-electron chi connectivity index (χ0n) is 11.1. The van der Waals surface area contributed by atoms with Gasteiger partial charge in [-0.2, -0.15) is 0 Å². The molecule has 6 heteroatoms. The zero-order valence-corrected chi connectivity index (χ0v) is 11.9. The summed E-state index contributed by atoms with van der Waals surface area (Å²) < 4.78 is 7.57. The van der Waals surface area contributed by atoms with Crippen LogP contribution in [0.3, 0.4) is 0 Å². The van der Waals surface area contributed by atoms with Gasteiger partial charge in [-0.05, 0) is 42.5 Å². The van der Waals surface area contributed by atoms with Crippen LogP contribution in [-0.2, 0) is 6.54 Å². The van der Waals surface area contributed by atoms with Gasteiger partial charge in [0.1, 0.15) is 5.76 Å². The first-order chi connectivity index (χ1) is 10.2. The van der Waals surface area contributed by atoms with Crippen LogP contribution in [0.5, 0.6) is 0 Å². The number of imidazole rings is 1. The smallest absolute Gasteiger partial charge is 0.251 e. The van der Waals surface area contributed by atoms with Gasteiger partial charge in [-0.1, -0.05) is 6.07 Å². The van der Waals surface area contributed by atoms with Crippen molar-refractivity contribution in [3.05, 3.63) is 71.1 Å². The lowest BCUT2D eigenvalue weighted by atomic mass is 10.2. The van der Waals surface area contributed by atoms with Crippen LogP contribution in [-0.4, -0.2) is 15.5 Å². The van der Waals surface area contributed by atoms with E-state index in [-0.39, 0.29) is 5.91 Å². The number of furan rings is 1. The monoisotopic (exact) mass is 299 g/mol. The van der Waals surface area contributed by atoms with Gasteiger partial charge in [-0.25, -0.2) is 0 Å². The Balaban J connectivity index is 1.78. The summed E-state index contributed by atoms with van der Waals surface area (Å²) in [6, 6.07) is 10.9. The molecule has 2 aromatic heterocycles. The fourth-order valence-corrected chi connectivity index (χ4v) is 2.24. The Bertz CT molecular complexity index is 802. The Kier molecular flexibility index (Phi) is 3.70. The van der Waals surface area contributed by atoms with Crippen LogP contribution in [0.4, 0.5) is 0 Å². The minimum atomic E-state index is -0.157. The summed E-state index contributed by atoms with van der Waals surface area (Å²) in [6.07, 6.45) is 5.16. The third-order valence-corrected chi connectivity index (χ3v) is 3.35. The molecule has 0 fully saturated rings. The summed E-state index contributed by atoms with van der Waals surface area (Å²) in [4.78, 5) is 15.1. The largest absolute Gasteiger partial charge is 0.467 e. The highest BCUT2D eigenvalue weighted by atomic mass is 32.1. The molecule has 0 saturated carbocycles. The van der Waals surface area contributed by atoms with Gasteiger partial charge < -0.3 is 14.7 Å². The first kappa shape index (κ1) is 13.4. The molecule has 5 nitrogen and oxygen atoms in total. The molecular weight excluding hydrogens is 286 g/mol. The van der Waals surface area contributed by atoms with Gasteiger partial charge in [0.25, 0.3) is 5.91 Å². The van der Waals surface area contributed by atoms with E-state index in [9.17, 15) is 4.79 Å². The molecule has 0 unspecified atom stereocenters. The molecule has 3 rings (SSSR count). The van der Waals surface area contributed by atoms with E-state index in [0.717, 1.165) is 5.69 Å². The van der Waals surface area contributed by atoms with Gasteiger partial charge in [-0.3, -0.25) is 9.36 Å². The summed E-state index contributed by atoms with van der Waals surface area (Å²) in [6.45, 7) is 0.361. The summed E-state index contributed by atoms with van der Waals surface area (Å²) in [5, 5.41) is 2.81. The Morgan fingerprint density at radius 1 is 1.33 bits per heavy atom. The van der Waals surface area contributed by atoms with Crippen LogP contribution < -0.4 is 5.32 Å². The Hall–Kier alpha value is -2.60. The topological polar surface area (TPSA) is 63.0 Å². The minimum absolute atomic E-state index is 0.157. The molecule has 1 amide bonds. The van der Waals surface area contributed by atoms with Crippen molar-refractivity contribution < 1.29 is 9.21 Å². The van der Waals surface area contributed by atoms with E-state index in [2.05, 4.69) is 10.3 Å². The number of carbonyl (C=O) groups excluding carboxylic acids is 1. The zero-order chi connectivity index (χ0) is 14.7. The van der Waals surface area contributed by atoms with E-state index in [0.29, 0.717) is 22.6 Å². The van der Waals surface area contributed by atoms with Gasteiger partial charge in [0.15, 0.2) is 4.77 Å². The standard InChI is InChI=1S/C15H13N3O2S/c19-14(17-10-13-5-2-8-20-13)11-3-1-4-12(9-11)18-7-6-16-15(18)21/h1-9H,10H2,(H,16,21)(H,17,19). The van der Waals surface area contributed by atoms with Crippen molar-refractivity contribution in [3.63, 3.8) is 0 Å². The molecule has 0 bridgehead atoms. The van der Waals surface area contributed by atoms with E-state index >= 15 is 0 Å². The van der Waals surface area contributed by atoms with Crippen LogP contribution in [0.25, 0.3) is 5.69 Å². The maximum absolute atomic E-state index is 12.2. The molecule has 2 N–H and O–H groups in total. The summed E-state index contributed by atoms with van der Waals surface area (Å²) in [5.74, 6) is 0.558. The highest BCUT2D eigenvalue weighted by Gasteiger charge is 2.08. The molecule has 0 aliphatic rings. The first-order valence-electron chi connectivity index (χ1n) is 6.41. The highest BCUT2D eigenvalue weighted by Crippen LogP contribution is 2.11. The highest BCUT2D eigenvalue weighted by molar-refractivity contribution is 7.71. The Morgan fingerprint density at radius 2 is 2.24 bits per heavy atom. The number of carbonyl (C=O) groups is 1. The molecule has 0 saturated heterocycles.